The number of hydrogen-bond donors (Lipinski definition) is 1. The first kappa shape index (κ1) is 17.4. The van der Waals surface area contributed by atoms with Crippen LogP contribution in [-0.4, -0.2) is 17.5 Å². The molecule has 1 unspecified atom stereocenters. The Kier molecular flexibility index (Phi) is 4.48. The van der Waals surface area contributed by atoms with E-state index in [-0.39, 0.29) is 17.8 Å². The van der Waals surface area contributed by atoms with Crippen molar-refractivity contribution in [3.63, 3.8) is 0 Å². The van der Waals surface area contributed by atoms with Gasteiger partial charge in [-0.15, -0.1) is 0 Å². The minimum atomic E-state index is -0.405. The van der Waals surface area contributed by atoms with Crippen LogP contribution in [0.5, 0.6) is 5.75 Å². The molecular formula is C21H18F2N2O2. The normalized spacial score (nSPS) is 16.3. The summed E-state index contributed by atoms with van der Waals surface area (Å²) in [6.45, 7) is 2.27. The first-order valence-electron chi connectivity index (χ1n) is 8.81. The lowest BCUT2D eigenvalue weighted by Gasteiger charge is -2.19. The number of benzene rings is 2. The molecule has 1 atom stereocenters. The molecular weight excluding hydrogens is 350 g/mol. The highest BCUT2D eigenvalue weighted by atomic mass is 19.1. The van der Waals surface area contributed by atoms with Crippen LogP contribution >= 0.6 is 0 Å². The number of carbonyl (C=O) groups is 1. The van der Waals surface area contributed by atoms with E-state index in [1.54, 1.807) is 25.1 Å². The molecule has 138 valence electrons. The van der Waals surface area contributed by atoms with E-state index >= 15 is 0 Å². The van der Waals surface area contributed by atoms with Gasteiger partial charge in [-0.1, -0.05) is 0 Å². The Balaban J connectivity index is 1.71. The molecule has 1 aromatic heterocycles. The molecule has 1 aliphatic rings. The van der Waals surface area contributed by atoms with Crippen LogP contribution in [0.3, 0.4) is 0 Å². The van der Waals surface area contributed by atoms with E-state index in [4.69, 9.17) is 4.74 Å². The summed E-state index contributed by atoms with van der Waals surface area (Å²) < 4.78 is 32.9. The van der Waals surface area contributed by atoms with Gasteiger partial charge in [-0.05, 0) is 56.2 Å². The third-order valence-electron chi connectivity index (χ3n) is 4.69. The van der Waals surface area contributed by atoms with E-state index in [1.165, 1.54) is 24.3 Å². The maximum Gasteiger partial charge on any atom is 0.252 e. The molecule has 3 aromatic rings. The molecule has 4 rings (SSSR count). The third-order valence-corrected chi connectivity index (χ3v) is 4.69. The monoisotopic (exact) mass is 368 g/mol. The van der Waals surface area contributed by atoms with E-state index in [0.29, 0.717) is 46.5 Å². The Morgan fingerprint density at radius 1 is 1.15 bits per heavy atom. The minimum absolute atomic E-state index is 0.306. The van der Waals surface area contributed by atoms with E-state index in [1.807, 2.05) is 0 Å². The minimum Gasteiger partial charge on any atom is -0.493 e. The summed E-state index contributed by atoms with van der Waals surface area (Å²) in [7, 11) is 0. The molecule has 6 heteroatoms. The number of carbonyl (C=O) groups excluding carboxylic acids is 1. The van der Waals surface area contributed by atoms with E-state index in [2.05, 4.69) is 10.3 Å². The summed E-state index contributed by atoms with van der Waals surface area (Å²) in [5.41, 5.74) is 2.09. The van der Waals surface area contributed by atoms with Gasteiger partial charge in [-0.25, -0.2) is 8.78 Å². The zero-order valence-electron chi connectivity index (χ0n) is 14.8. The van der Waals surface area contributed by atoms with Crippen LogP contribution in [0.2, 0.25) is 0 Å². The number of nitrogens with one attached hydrogen (secondary N) is 1. The van der Waals surface area contributed by atoms with Crippen molar-refractivity contribution in [2.45, 2.75) is 25.8 Å². The van der Waals surface area contributed by atoms with Crippen molar-refractivity contribution in [2.24, 2.45) is 0 Å². The number of aryl methyl sites for hydroxylation is 1. The number of pyridine rings is 1. The molecule has 0 saturated heterocycles. The van der Waals surface area contributed by atoms with Gasteiger partial charge in [0.25, 0.3) is 5.91 Å². The number of amides is 1. The quantitative estimate of drug-likeness (QED) is 0.726. The van der Waals surface area contributed by atoms with Crippen LogP contribution in [0.15, 0.2) is 42.5 Å². The zero-order valence-corrected chi connectivity index (χ0v) is 14.8. The number of ether oxygens (including phenoxy) is 1. The van der Waals surface area contributed by atoms with E-state index in [0.717, 1.165) is 6.42 Å². The van der Waals surface area contributed by atoms with Crippen molar-refractivity contribution in [1.29, 1.82) is 0 Å². The molecule has 27 heavy (non-hydrogen) atoms. The Hall–Kier alpha value is -3.02. The molecule has 1 N–H and O–H groups in total. The highest BCUT2D eigenvalue weighted by molar-refractivity contribution is 6.06. The fourth-order valence-corrected chi connectivity index (χ4v) is 3.46. The summed E-state index contributed by atoms with van der Waals surface area (Å²) in [5, 5.41) is 3.56. The predicted octanol–water partition coefficient (Wildman–Crippen LogP) is 4.47. The fourth-order valence-electron chi connectivity index (χ4n) is 3.46. The van der Waals surface area contributed by atoms with E-state index < -0.39 is 5.82 Å². The predicted molar refractivity (Wildman–Crippen MR) is 97.8 cm³/mol. The highest BCUT2D eigenvalue weighted by Gasteiger charge is 2.23. The van der Waals surface area contributed by atoms with Crippen molar-refractivity contribution in [1.82, 2.24) is 10.3 Å². The maximum atomic E-state index is 13.7. The van der Waals surface area contributed by atoms with Crippen molar-refractivity contribution < 1.29 is 18.3 Å². The van der Waals surface area contributed by atoms with Crippen LogP contribution in [-0.2, 0) is 0 Å². The molecule has 1 aliphatic heterocycles. The molecule has 4 nitrogen and oxygen atoms in total. The van der Waals surface area contributed by atoms with Crippen molar-refractivity contribution >= 4 is 16.8 Å². The van der Waals surface area contributed by atoms with Crippen molar-refractivity contribution in [3.8, 4) is 5.75 Å². The largest absolute Gasteiger partial charge is 0.493 e. The number of fused-ring (bicyclic) bond motifs is 2. The SMILES string of the molecule is Cc1cc(C(=O)NC2CCCOc3ccc(F)cc32)c2ccc(F)cc2n1. The van der Waals surface area contributed by atoms with Crippen LogP contribution in [0.1, 0.15) is 40.5 Å². The van der Waals surface area contributed by atoms with Gasteiger partial charge in [0.05, 0.1) is 23.7 Å². The zero-order chi connectivity index (χ0) is 19.0. The number of aromatic nitrogens is 1. The standard InChI is InChI=1S/C21H18F2N2O2/c1-12-9-16(15-6-4-14(23)11-19(15)24-12)21(26)25-18-3-2-8-27-20-7-5-13(22)10-17(18)20/h4-7,9-11,18H,2-3,8H2,1H3,(H,25,26). The van der Waals surface area contributed by atoms with Crippen LogP contribution < -0.4 is 10.1 Å². The first-order valence-corrected chi connectivity index (χ1v) is 8.81. The average molecular weight is 368 g/mol. The number of rotatable bonds is 2. The molecule has 2 heterocycles. The molecule has 0 spiro atoms. The van der Waals surface area contributed by atoms with Crippen LogP contribution in [0, 0.1) is 18.6 Å². The Morgan fingerprint density at radius 3 is 2.78 bits per heavy atom. The van der Waals surface area contributed by atoms with Crippen molar-refractivity contribution in [3.05, 3.63) is 70.9 Å². The summed E-state index contributed by atoms with van der Waals surface area (Å²) in [4.78, 5) is 17.3. The summed E-state index contributed by atoms with van der Waals surface area (Å²) in [6.07, 6.45) is 1.38. The molecule has 0 saturated carbocycles. The smallest absolute Gasteiger partial charge is 0.252 e. The Bertz CT molecular complexity index is 1030. The summed E-state index contributed by atoms with van der Waals surface area (Å²) in [5.74, 6) is -0.507. The lowest BCUT2D eigenvalue weighted by Crippen LogP contribution is -2.28. The van der Waals surface area contributed by atoms with Gasteiger partial charge in [-0.2, -0.15) is 0 Å². The number of nitrogens with zero attached hydrogens (tertiary/aromatic N) is 1. The first-order chi connectivity index (χ1) is 13.0. The lowest BCUT2D eigenvalue weighted by molar-refractivity contribution is 0.0936. The molecule has 0 fully saturated rings. The van der Waals surface area contributed by atoms with Crippen molar-refractivity contribution in [2.75, 3.05) is 6.61 Å². The maximum absolute atomic E-state index is 13.7. The fraction of sp³-hybridized carbons (Fsp3) is 0.238. The van der Waals surface area contributed by atoms with E-state index in [9.17, 15) is 13.6 Å². The van der Waals surface area contributed by atoms with Crippen LogP contribution in [0.25, 0.3) is 10.9 Å². The second kappa shape index (κ2) is 6.95. The average Bonchev–Trinajstić information content (AvgIpc) is 2.82. The van der Waals surface area contributed by atoms with Gasteiger partial charge < -0.3 is 10.1 Å². The van der Waals surface area contributed by atoms with Gasteiger partial charge in [-0.3, -0.25) is 9.78 Å². The Morgan fingerprint density at radius 2 is 1.93 bits per heavy atom. The highest BCUT2D eigenvalue weighted by Crippen LogP contribution is 2.32. The third kappa shape index (κ3) is 3.47. The second-order valence-corrected chi connectivity index (χ2v) is 6.67. The second-order valence-electron chi connectivity index (χ2n) is 6.67. The van der Waals surface area contributed by atoms with Crippen LogP contribution in [0.4, 0.5) is 8.78 Å². The van der Waals surface area contributed by atoms with Gasteiger partial charge in [0.1, 0.15) is 17.4 Å². The molecule has 1 amide bonds. The molecule has 0 bridgehead atoms. The molecule has 2 aromatic carbocycles. The number of hydrogen-bond acceptors (Lipinski definition) is 3. The lowest BCUT2D eigenvalue weighted by atomic mass is 10.0. The number of halogens is 2. The van der Waals surface area contributed by atoms with Gasteiger partial charge in [0, 0.05) is 22.7 Å². The molecule has 0 aliphatic carbocycles. The van der Waals surface area contributed by atoms with Gasteiger partial charge in [0.2, 0.25) is 0 Å². The topological polar surface area (TPSA) is 51.2 Å². The molecule has 0 radical (unpaired) electrons. The van der Waals surface area contributed by atoms with Gasteiger partial charge in [0.15, 0.2) is 0 Å². The summed E-state index contributed by atoms with van der Waals surface area (Å²) >= 11 is 0. The Labute approximate surface area is 155 Å². The summed E-state index contributed by atoms with van der Waals surface area (Å²) in [6, 6.07) is 9.81. The van der Waals surface area contributed by atoms with Gasteiger partial charge >= 0.3 is 0 Å².